The first-order valence-electron chi connectivity index (χ1n) is 6.78. The number of ether oxygens (including phenoxy) is 1. The molecule has 1 heterocycles. The van der Waals surface area contributed by atoms with Gasteiger partial charge in [-0.1, -0.05) is 0 Å². The summed E-state index contributed by atoms with van der Waals surface area (Å²) in [4.78, 5) is 12.3. The van der Waals surface area contributed by atoms with Crippen LogP contribution in [0.3, 0.4) is 0 Å². The first kappa shape index (κ1) is 12.9. The highest BCUT2D eigenvalue weighted by molar-refractivity contribution is 5.56. The molecule has 0 spiro atoms. The van der Waals surface area contributed by atoms with Gasteiger partial charge in [-0.15, -0.1) is 5.10 Å². The summed E-state index contributed by atoms with van der Waals surface area (Å²) in [6, 6.07) is 7.88. The molecule has 0 bridgehead atoms. The monoisotopic (exact) mass is 274 g/mol. The molecule has 2 aromatic rings. The summed E-state index contributed by atoms with van der Waals surface area (Å²) in [6.07, 6.45) is 2.08. The number of nitrogens with zero attached hydrogens (tertiary/aromatic N) is 3. The fraction of sp³-hybridized carbons (Fsp3) is 0.429. The average molecular weight is 274 g/mol. The second kappa shape index (κ2) is 5.13. The van der Waals surface area contributed by atoms with E-state index in [1.165, 1.54) is 4.68 Å². The Morgan fingerprint density at radius 2 is 2.05 bits per heavy atom. The van der Waals surface area contributed by atoms with Gasteiger partial charge in [0, 0.05) is 18.2 Å². The molecular weight excluding hydrogens is 256 g/mol. The van der Waals surface area contributed by atoms with Gasteiger partial charge in [-0.05, 0) is 37.1 Å². The predicted octanol–water partition coefficient (Wildman–Crippen LogP) is 1.01. The standard InChI is InChI=1S/C14H18N4O2/c1-20-12-6-2-10(3-7-12)13-16-17(9-8-15)14(19)18(13)11-4-5-11/h2-3,6-7,11H,4-5,8-9,15H2,1H3. The van der Waals surface area contributed by atoms with Gasteiger partial charge in [-0.3, -0.25) is 4.57 Å². The van der Waals surface area contributed by atoms with Gasteiger partial charge in [0.15, 0.2) is 5.82 Å². The zero-order valence-corrected chi connectivity index (χ0v) is 11.5. The van der Waals surface area contributed by atoms with E-state index in [2.05, 4.69) is 5.10 Å². The van der Waals surface area contributed by atoms with Crippen LogP contribution in [0.25, 0.3) is 11.4 Å². The maximum atomic E-state index is 12.3. The number of methoxy groups -OCH3 is 1. The van der Waals surface area contributed by atoms with Gasteiger partial charge in [-0.2, -0.15) is 0 Å². The molecule has 1 aliphatic rings. The molecule has 1 fully saturated rings. The first-order chi connectivity index (χ1) is 9.74. The average Bonchev–Trinajstić information content (AvgIpc) is 3.26. The minimum absolute atomic E-state index is 0.0660. The van der Waals surface area contributed by atoms with Crippen molar-refractivity contribution in [3.8, 4) is 17.1 Å². The van der Waals surface area contributed by atoms with Crippen molar-refractivity contribution in [3.63, 3.8) is 0 Å². The van der Waals surface area contributed by atoms with Crippen LogP contribution in [0.15, 0.2) is 29.1 Å². The van der Waals surface area contributed by atoms with Crippen LogP contribution in [0.4, 0.5) is 0 Å². The SMILES string of the molecule is COc1ccc(-c2nn(CCN)c(=O)n2C2CC2)cc1. The first-order valence-corrected chi connectivity index (χ1v) is 6.78. The van der Waals surface area contributed by atoms with Crippen molar-refractivity contribution >= 4 is 0 Å². The van der Waals surface area contributed by atoms with E-state index in [0.29, 0.717) is 18.9 Å². The molecular formula is C14H18N4O2. The van der Waals surface area contributed by atoms with Gasteiger partial charge >= 0.3 is 5.69 Å². The fourth-order valence-electron chi connectivity index (χ4n) is 2.29. The molecule has 20 heavy (non-hydrogen) atoms. The normalized spacial score (nSPS) is 14.5. The molecule has 1 saturated carbocycles. The van der Waals surface area contributed by atoms with Crippen molar-refractivity contribution in [1.82, 2.24) is 14.3 Å². The third-order valence-electron chi connectivity index (χ3n) is 3.47. The van der Waals surface area contributed by atoms with Gasteiger partial charge in [-0.25, -0.2) is 9.48 Å². The summed E-state index contributed by atoms with van der Waals surface area (Å²) >= 11 is 0. The van der Waals surface area contributed by atoms with Crippen molar-refractivity contribution in [3.05, 3.63) is 34.7 Å². The minimum atomic E-state index is -0.0660. The molecule has 0 unspecified atom stereocenters. The number of aromatic nitrogens is 3. The lowest BCUT2D eigenvalue weighted by Gasteiger charge is -2.04. The number of benzene rings is 1. The van der Waals surface area contributed by atoms with E-state index in [1.807, 2.05) is 24.3 Å². The Kier molecular flexibility index (Phi) is 3.31. The molecule has 2 N–H and O–H groups in total. The zero-order chi connectivity index (χ0) is 14.1. The van der Waals surface area contributed by atoms with E-state index in [9.17, 15) is 4.79 Å². The van der Waals surface area contributed by atoms with E-state index in [0.717, 1.165) is 24.2 Å². The summed E-state index contributed by atoms with van der Waals surface area (Å²) in [6.45, 7) is 0.853. The zero-order valence-electron chi connectivity index (χ0n) is 11.5. The Hall–Kier alpha value is -2.08. The van der Waals surface area contributed by atoms with Crippen LogP contribution in [-0.4, -0.2) is 28.0 Å². The Morgan fingerprint density at radius 1 is 1.35 bits per heavy atom. The van der Waals surface area contributed by atoms with Crippen LogP contribution >= 0.6 is 0 Å². The number of hydrogen-bond donors (Lipinski definition) is 1. The summed E-state index contributed by atoms with van der Waals surface area (Å²) < 4.78 is 8.40. The Labute approximate surface area is 116 Å². The van der Waals surface area contributed by atoms with Gasteiger partial charge < -0.3 is 10.5 Å². The molecule has 3 rings (SSSR count). The van der Waals surface area contributed by atoms with Crippen LogP contribution in [0.2, 0.25) is 0 Å². The lowest BCUT2D eigenvalue weighted by molar-refractivity contribution is 0.415. The van der Waals surface area contributed by atoms with Gasteiger partial charge in [0.1, 0.15) is 5.75 Å². The molecule has 0 saturated heterocycles. The third-order valence-corrected chi connectivity index (χ3v) is 3.47. The molecule has 6 heteroatoms. The summed E-state index contributed by atoms with van der Waals surface area (Å²) in [5, 5.41) is 4.43. The highest BCUT2D eigenvalue weighted by Crippen LogP contribution is 2.36. The van der Waals surface area contributed by atoms with E-state index in [-0.39, 0.29) is 11.7 Å². The maximum Gasteiger partial charge on any atom is 0.346 e. The van der Waals surface area contributed by atoms with Crippen LogP contribution in [-0.2, 0) is 6.54 Å². The quantitative estimate of drug-likeness (QED) is 0.883. The number of hydrogen-bond acceptors (Lipinski definition) is 4. The van der Waals surface area contributed by atoms with E-state index in [4.69, 9.17) is 10.5 Å². The molecule has 0 radical (unpaired) electrons. The Bertz CT molecular complexity index is 653. The highest BCUT2D eigenvalue weighted by atomic mass is 16.5. The highest BCUT2D eigenvalue weighted by Gasteiger charge is 2.30. The topological polar surface area (TPSA) is 75.1 Å². The smallest absolute Gasteiger partial charge is 0.346 e. The molecule has 0 atom stereocenters. The van der Waals surface area contributed by atoms with Crippen molar-refractivity contribution in [2.45, 2.75) is 25.4 Å². The second-order valence-corrected chi connectivity index (χ2v) is 4.95. The third kappa shape index (κ3) is 2.22. The van der Waals surface area contributed by atoms with E-state index < -0.39 is 0 Å². The van der Waals surface area contributed by atoms with Crippen molar-refractivity contribution in [2.24, 2.45) is 5.73 Å². The summed E-state index contributed by atoms with van der Waals surface area (Å²) in [7, 11) is 1.63. The molecule has 6 nitrogen and oxygen atoms in total. The van der Waals surface area contributed by atoms with Crippen molar-refractivity contribution in [2.75, 3.05) is 13.7 Å². The van der Waals surface area contributed by atoms with Crippen LogP contribution in [0.5, 0.6) is 5.75 Å². The second-order valence-electron chi connectivity index (χ2n) is 4.95. The fourth-order valence-corrected chi connectivity index (χ4v) is 2.29. The molecule has 106 valence electrons. The molecule has 1 aliphatic carbocycles. The summed E-state index contributed by atoms with van der Waals surface area (Å²) in [5.41, 5.74) is 6.39. The van der Waals surface area contributed by atoms with Crippen molar-refractivity contribution < 1.29 is 4.74 Å². The van der Waals surface area contributed by atoms with E-state index >= 15 is 0 Å². The number of nitrogens with two attached hydrogens (primary N) is 1. The number of rotatable bonds is 5. The van der Waals surface area contributed by atoms with Gasteiger partial charge in [0.05, 0.1) is 13.7 Å². The molecule has 1 aromatic carbocycles. The van der Waals surface area contributed by atoms with Gasteiger partial charge in [0.2, 0.25) is 0 Å². The van der Waals surface area contributed by atoms with E-state index in [1.54, 1.807) is 11.7 Å². The maximum absolute atomic E-state index is 12.3. The molecule has 0 amide bonds. The van der Waals surface area contributed by atoms with Crippen molar-refractivity contribution in [1.29, 1.82) is 0 Å². The predicted molar refractivity (Wildman–Crippen MR) is 75.8 cm³/mol. The molecule has 0 aliphatic heterocycles. The van der Waals surface area contributed by atoms with Gasteiger partial charge in [0.25, 0.3) is 0 Å². The minimum Gasteiger partial charge on any atom is -0.497 e. The van der Waals surface area contributed by atoms with Crippen LogP contribution in [0, 0.1) is 0 Å². The summed E-state index contributed by atoms with van der Waals surface area (Å²) in [5.74, 6) is 1.50. The Morgan fingerprint density at radius 3 is 2.60 bits per heavy atom. The lowest BCUT2D eigenvalue weighted by Crippen LogP contribution is -2.27. The van der Waals surface area contributed by atoms with Crippen LogP contribution in [0.1, 0.15) is 18.9 Å². The largest absolute Gasteiger partial charge is 0.497 e. The Balaban J connectivity index is 2.06. The lowest BCUT2D eigenvalue weighted by atomic mass is 10.2. The molecule has 1 aromatic heterocycles. The van der Waals surface area contributed by atoms with Crippen LogP contribution < -0.4 is 16.2 Å².